The molecule has 0 bridgehead atoms. The summed E-state index contributed by atoms with van der Waals surface area (Å²) in [5.74, 6) is -0.177. The van der Waals surface area contributed by atoms with Gasteiger partial charge >= 0.3 is 0 Å². The molecule has 0 saturated carbocycles. The molecule has 4 nitrogen and oxygen atoms in total. The number of hydrogen-bond acceptors (Lipinski definition) is 3. The molecule has 1 fully saturated rings. The number of hydroxylamine groups is 2. The quantitative estimate of drug-likeness (QED) is 0.699. The van der Waals surface area contributed by atoms with Crippen LogP contribution in [-0.4, -0.2) is 28.9 Å². The summed E-state index contributed by atoms with van der Waals surface area (Å²) in [5.41, 5.74) is -0.645. The Kier molecular flexibility index (Phi) is 2.92. The van der Waals surface area contributed by atoms with Crippen LogP contribution in [0.15, 0.2) is 0 Å². The second-order valence-electron chi connectivity index (χ2n) is 5.38. The molecular weight excluding hydrogens is 194 g/mol. The number of carbonyl (C=O) groups excluding carboxylic acids is 2. The van der Waals surface area contributed by atoms with E-state index >= 15 is 0 Å². The molecule has 0 spiro atoms. The molecule has 0 aromatic heterocycles. The number of rotatable bonds is 2. The van der Waals surface area contributed by atoms with Gasteiger partial charge in [0, 0.05) is 0 Å². The van der Waals surface area contributed by atoms with Crippen LogP contribution in [0, 0.1) is 5.41 Å². The minimum Gasteiger partial charge on any atom is -0.298 e. The van der Waals surface area contributed by atoms with Crippen molar-refractivity contribution in [2.75, 3.05) is 6.54 Å². The van der Waals surface area contributed by atoms with Crippen LogP contribution in [0.5, 0.6) is 0 Å². The third kappa shape index (κ3) is 2.37. The summed E-state index contributed by atoms with van der Waals surface area (Å²) < 4.78 is 0. The Labute approximate surface area is 90.5 Å². The van der Waals surface area contributed by atoms with Gasteiger partial charge in [0.2, 0.25) is 5.91 Å². The van der Waals surface area contributed by atoms with Gasteiger partial charge in [0.15, 0.2) is 5.78 Å². The van der Waals surface area contributed by atoms with Crippen molar-refractivity contribution < 1.29 is 14.4 Å². The zero-order chi connectivity index (χ0) is 11.9. The van der Waals surface area contributed by atoms with Crippen molar-refractivity contribution in [1.29, 1.82) is 0 Å². The molecule has 1 saturated heterocycles. The summed E-state index contributed by atoms with van der Waals surface area (Å²) >= 11 is 0. The van der Waals surface area contributed by atoms with Gasteiger partial charge in [-0.25, -0.2) is 5.06 Å². The first-order valence-corrected chi connectivity index (χ1v) is 5.15. The highest BCUT2D eigenvalue weighted by atomic mass is 16.7. The van der Waals surface area contributed by atoms with Gasteiger partial charge in [0.25, 0.3) is 0 Å². The highest BCUT2D eigenvalue weighted by Crippen LogP contribution is 2.41. The van der Waals surface area contributed by atoms with Crippen molar-refractivity contribution >= 4 is 11.7 Å². The van der Waals surface area contributed by atoms with Crippen LogP contribution in [0.4, 0.5) is 0 Å². The third-order valence-corrected chi connectivity index (χ3v) is 3.03. The van der Waals surface area contributed by atoms with Crippen molar-refractivity contribution in [2.45, 2.75) is 46.6 Å². The zero-order valence-corrected chi connectivity index (χ0v) is 10.1. The summed E-state index contributed by atoms with van der Waals surface area (Å²) in [6, 6.07) is 0. The molecule has 1 amide bonds. The molecule has 1 rings (SSSR count). The number of Topliss-reactive ketones (excluding diaryl/α,β-unsaturated/α-hetero) is 1. The second kappa shape index (κ2) is 3.59. The van der Waals surface area contributed by atoms with E-state index < -0.39 is 5.60 Å². The van der Waals surface area contributed by atoms with Gasteiger partial charge in [-0.05, 0) is 19.3 Å². The van der Waals surface area contributed by atoms with Crippen LogP contribution in [0.25, 0.3) is 0 Å². The zero-order valence-electron chi connectivity index (χ0n) is 10.1. The number of ketones is 1. The molecule has 0 aromatic rings. The Bertz CT molecular complexity index is 293. The standard InChI is InChI=1S/C11H19NO3/c1-8(13)7-12-9(14)6-11(5,15-12)10(2,3)4/h6-7H2,1-5H3. The van der Waals surface area contributed by atoms with Crippen molar-refractivity contribution in [3.05, 3.63) is 0 Å². The Morgan fingerprint density at radius 1 is 1.53 bits per heavy atom. The fourth-order valence-corrected chi connectivity index (χ4v) is 1.43. The van der Waals surface area contributed by atoms with Crippen molar-refractivity contribution in [3.63, 3.8) is 0 Å². The fourth-order valence-electron chi connectivity index (χ4n) is 1.43. The summed E-state index contributed by atoms with van der Waals surface area (Å²) in [4.78, 5) is 28.2. The molecule has 1 aliphatic heterocycles. The molecule has 15 heavy (non-hydrogen) atoms. The number of carbonyl (C=O) groups is 2. The normalized spacial score (nSPS) is 27.3. The van der Waals surface area contributed by atoms with Crippen LogP contribution in [0.3, 0.4) is 0 Å². The summed E-state index contributed by atoms with van der Waals surface area (Å²) in [7, 11) is 0. The summed E-state index contributed by atoms with van der Waals surface area (Å²) in [5, 5.41) is 1.19. The van der Waals surface area contributed by atoms with Crippen LogP contribution >= 0.6 is 0 Å². The Balaban J connectivity index is 2.79. The first-order chi connectivity index (χ1) is 6.66. The van der Waals surface area contributed by atoms with Crippen molar-refractivity contribution in [2.24, 2.45) is 5.41 Å². The van der Waals surface area contributed by atoms with E-state index in [-0.39, 0.29) is 23.7 Å². The third-order valence-electron chi connectivity index (χ3n) is 3.03. The molecular formula is C11H19NO3. The SMILES string of the molecule is CC(=O)CN1OC(C)(C(C)(C)C)CC1=O. The predicted molar refractivity (Wildman–Crippen MR) is 56.0 cm³/mol. The van der Waals surface area contributed by atoms with E-state index in [0.29, 0.717) is 6.42 Å². The van der Waals surface area contributed by atoms with Gasteiger partial charge < -0.3 is 0 Å². The van der Waals surface area contributed by atoms with Gasteiger partial charge in [-0.3, -0.25) is 14.4 Å². The maximum Gasteiger partial charge on any atom is 0.249 e. The summed E-state index contributed by atoms with van der Waals surface area (Å²) in [6.45, 7) is 9.48. The first kappa shape index (κ1) is 12.2. The fraction of sp³-hybridized carbons (Fsp3) is 0.818. The van der Waals surface area contributed by atoms with Crippen molar-refractivity contribution in [1.82, 2.24) is 5.06 Å². The van der Waals surface area contributed by atoms with E-state index in [1.165, 1.54) is 12.0 Å². The lowest BCUT2D eigenvalue weighted by Gasteiger charge is -2.36. The largest absolute Gasteiger partial charge is 0.298 e. The molecule has 0 radical (unpaired) electrons. The van der Waals surface area contributed by atoms with Gasteiger partial charge in [-0.2, -0.15) is 0 Å². The van der Waals surface area contributed by atoms with Gasteiger partial charge in [-0.15, -0.1) is 0 Å². The molecule has 1 aliphatic rings. The van der Waals surface area contributed by atoms with Crippen LogP contribution in [0.2, 0.25) is 0 Å². The van der Waals surface area contributed by atoms with Gasteiger partial charge in [0.1, 0.15) is 12.1 Å². The molecule has 0 aromatic carbocycles. The molecule has 1 atom stereocenters. The first-order valence-electron chi connectivity index (χ1n) is 5.15. The van der Waals surface area contributed by atoms with E-state index in [1.807, 2.05) is 27.7 Å². The summed E-state index contributed by atoms with van der Waals surface area (Å²) in [6.07, 6.45) is 0.337. The van der Waals surface area contributed by atoms with Crippen LogP contribution in [-0.2, 0) is 14.4 Å². The molecule has 0 aliphatic carbocycles. The number of amides is 1. The molecule has 0 N–H and O–H groups in total. The number of hydrogen-bond donors (Lipinski definition) is 0. The predicted octanol–water partition coefficient (Wildman–Crippen LogP) is 1.54. The van der Waals surface area contributed by atoms with Crippen molar-refractivity contribution in [3.8, 4) is 0 Å². The minimum absolute atomic E-state index is 0.0461. The number of nitrogens with zero attached hydrogens (tertiary/aromatic N) is 1. The molecule has 1 heterocycles. The topological polar surface area (TPSA) is 46.6 Å². The molecule has 4 heteroatoms. The van der Waals surface area contributed by atoms with Crippen LogP contribution < -0.4 is 0 Å². The lowest BCUT2D eigenvalue weighted by atomic mass is 9.76. The second-order valence-corrected chi connectivity index (χ2v) is 5.38. The van der Waals surface area contributed by atoms with E-state index in [1.54, 1.807) is 0 Å². The highest BCUT2D eigenvalue weighted by molar-refractivity contribution is 5.85. The monoisotopic (exact) mass is 213 g/mol. The average Bonchev–Trinajstić information content (AvgIpc) is 2.25. The Morgan fingerprint density at radius 3 is 2.40 bits per heavy atom. The van der Waals surface area contributed by atoms with E-state index in [9.17, 15) is 9.59 Å². The lowest BCUT2D eigenvalue weighted by Crippen LogP contribution is -2.41. The van der Waals surface area contributed by atoms with Crippen LogP contribution in [0.1, 0.15) is 41.0 Å². The van der Waals surface area contributed by atoms with E-state index in [0.717, 1.165) is 0 Å². The smallest absolute Gasteiger partial charge is 0.249 e. The molecule has 86 valence electrons. The Hall–Kier alpha value is -0.900. The van der Waals surface area contributed by atoms with Gasteiger partial charge in [0.05, 0.1) is 6.42 Å². The minimum atomic E-state index is -0.514. The lowest BCUT2D eigenvalue weighted by molar-refractivity contribution is -0.219. The average molecular weight is 213 g/mol. The van der Waals surface area contributed by atoms with E-state index in [4.69, 9.17) is 4.84 Å². The maximum atomic E-state index is 11.6. The molecule has 1 unspecified atom stereocenters. The Morgan fingerprint density at radius 2 is 2.07 bits per heavy atom. The maximum absolute atomic E-state index is 11.6. The van der Waals surface area contributed by atoms with Gasteiger partial charge in [-0.1, -0.05) is 20.8 Å². The van der Waals surface area contributed by atoms with E-state index in [2.05, 4.69) is 0 Å². The highest BCUT2D eigenvalue weighted by Gasteiger charge is 2.49.